The van der Waals surface area contributed by atoms with Crippen LogP contribution in [-0.2, 0) is 4.79 Å². The molecule has 2 aromatic carbocycles. The topological polar surface area (TPSA) is 66.5 Å². The monoisotopic (exact) mass is 385 g/mol. The van der Waals surface area contributed by atoms with Gasteiger partial charge in [-0.15, -0.1) is 0 Å². The van der Waals surface area contributed by atoms with Gasteiger partial charge < -0.3 is 9.72 Å². The first-order valence-electron chi connectivity index (χ1n) is 7.40. The van der Waals surface area contributed by atoms with E-state index in [-0.39, 0.29) is 12.5 Å². The number of aromatic amines is 1. The molecule has 122 valence electrons. The lowest BCUT2D eigenvalue weighted by Crippen LogP contribution is -2.24. The maximum absolute atomic E-state index is 11.8. The van der Waals surface area contributed by atoms with E-state index in [0.29, 0.717) is 5.75 Å². The summed E-state index contributed by atoms with van der Waals surface area (Å²) >= 11 is 3.39. The Kier molecular flexibility index (Phi) is 4.96. The molecule has 3 aromatic rings. The first-order valence-corrected chi connectivity index (χ1v) is 8.20. The Bertz CT molecular complexity index is 902. The zero-order valence-electron chi connectivity index (χ0n) is 13.0. The largest absolute Gasteiger partial charge is 0.483 e. The van der Waals surface area contributed by atoms with Crippen molar-refractivity contribution in [1.82, 2.24) is 10.4 Å². The molecule has 0 fully saturated rings. The molecule has 0 aliphatic heterocycles. The zero-order chi connectivity index (χ0) is 16.9. The van der Waals surface area contributed by atoms with Gasteiger partial charge in [0, 0.05) is 27.1 Å². The molecule has 1 amide bonds. The predicted octanol–water partition coefficient (Wildman–Crippen LogP) is 3.77. The number of amides is 1. The molecule has 0 aliphatic carbocycles. The summed E-state index contributed by atoms with van der Waals surface area (Å²) in [5, 5.41) is 5.03. The fourth-order valence-electron chi connectivity index (χ4n) is 2.32. The molecule has 0 spiro atoms. The number of rotatable bonds is 5. The van der Waals surface area contributed by atoms with Gasteiger partial charge in [0.05, 0.1) is 6.21 Å². The minimum atomic E-state index is -0.312. The Balaban J connectivity index is 1.55. The van der Waals surface area contributed by atoms with Crippen molar-refractivity contribution in [2.75, 3.05) is 6.61 Å². The number of halogens is 1. The summed E-state index contributed by atoms with van der Waals surface area (Å²) in [7, 11) is 0. The molecule has 0 bridgehead atoms. The molecule has 0 saturated carbocycles. The average molecular weight is 386 g/mol. The van der Waals surface area contributed by atoms with Crippen LogP contribution in [0.25, 0.3) is 10.9 Å². The van der Waals surface area contributed by atoms with Gasteiger partial charge in [0.15, 0.2) is 6.61 Å². The van der Waals surface area contributed by atoms with E-state index < -0.39 is 0 Å². The van der Waals surface area contributed by atoms with Crippen LogP contribution in [-0.4, -0.2) is 23.7 Å². The van der Waals surface area contributed by atoms with Crippen LogP contribution in [0.15, 0.2) is 58.2 Å². The third-order valence-electron chi connectivity index (χ3n) is 3.51. The van der Waals surface area contributed by atoms with Crippen molar-refractivity contribution in [3.8, 4) is 5.75 Å². The Morgan fingerprint density at radius 2 is 2.17 bits per heavy atom. The van der Waals surface area contributed by atoms with Gasteiger partial charge in [-0.25, -0.2) is 5.43 Å². The number of para-hydroxylation sites is 1. The molecule has 3 rings (SSSR count). The van der Waals surface area contributed by atoms with E-state index in [9.17, 15) is 4.79 Å². The highest BCUT2D eigenvalue weighted by Crippen LogP contribution is 2.22. The van der Waals surface area contributed by atoms with Gasteiger partial charge >= 0.3 is 0 Å². The van der Waals surface area contributed by atoms with Crippen molar-refractivity contribution in [3.63, 3.8) is 0 Å². The van der Waals surface area contributed by atoms with Crippen molar-refractivity contribution >= 4 is 39.0 Å². The fraction of sp³-hybridized carbons (Fsp3) is 0.111. The Hall–Kier alpha value is -2.60. The van der Waals surface area contributed by atoms with E-state index in [0.717, 1.165) is 26.5 Å². The van der Waals surface area contributed by atoms with Crippen LogP contribution in [0.1, 0.15) is 11.1 Å². The van der Waals surface area contributed by atoms with Crippen molar-refractivity contribution in [3.05, 3.63) is 64.3 Å². The SMILES string of the molecule is Cc1cc(Br)ccc1OCC(=O)N/N=C/c1c[nH]c2ccccc12. The number of aromatic nitrogens is 1. The number of hydrogen-bond acceptors (Lipinski definition) is 3. The zero-order valence-corrected chi connectivity index (χ0v) is 14.6. The van der Waals surface area contributed by atoms with Crippen LogP contribution in [0, 0.1) is 6.92 Å². The lowest BCUT2D eigenvalue weighted by Gasteiger charge is -2.08. The number of aryl methyl sites for hydroxylation is 1. The maximum Gasteiger partial charge on any atom is 0.277 e. The van der Waals surface area contributed by atoms with Gasteiger partial charge in [-0.1, -0.05) is 34.1 Å². The number of hydrogen-bond donors (Lipinski definition) is 2. The van der Waals surface area contributed by atoms with E-state index in [1.807, 2.05) is 55.6 Å². The van der Waals surface area contributed by atoms with Gasteiger partial charge in [0.2, 0.25) is 0 Å². The molecule has 24 heavy (non-hydrogen) atoms. The number of carbonyl (C=O) groups is 1. The van der Waals surface area contributed by atoms with Gasteiger partial charge in [-0.05, 0) is 36.8 Å². The van der Waals surface area contributed by atoms with Crippen molar-refractivity contribution in [2.24, 2.45) is 5.10 Å². The van der Waals surface area contributed by atoms with Crippen molar-refractivity contribution in [1.29, 1.82) is 0 Å². The van der Waals surface area contributed by atoms with Crippen LogP contribution in [0.5, 0.6) is 5.75 Å². The Morgan fingerprint density at radius 1 is 1.33 bits per heavy atom. The number of carbonyl (C=O) groups excluding carboxylic acids is 1. The summed E-state index contributed by atoms with van der Waals surface area (Å²) < 4.78 is 6.47. The quantitative estimate of drug-likeness (QED) is 0.518. The van der Waals surface area contributed by atoms with E-state index >= 15 is 0 Å². The molecule has 0 radical (unpaired) electrons. The fourth-order valence-corrected chi connectivity index (χ4v) is 2.80. The molecule has 6 heteroatoms. The van der Waals surface area contributed by atoms with Gasteiger partial charge in [0.1, 0.15) is 5.75 Å². The standard InChI is InChI=1S/C18H16BrN3O2/c1-12-8-14(19)6-7-17(12)24-11-18(23)22-21-10-13-9-20-16-5-3-2-4-15(13)16/h2-10,20H,11H2,1H3,(H,22,23)/b21-10+. The summed E-state index contributed by atoms with van der Waals surface area (Å²) in [4.78, 5) is 15.0. The number of H-pyrrole nitrogens is 1. The molecule has 1 heterocycles. The molecule has 0 unspecified atom stereocenters. The van der Waals surface area contributed by atoms with E-state index in [1.165, 1.54) is 0 Å². The lowest BCUT2D eigenvalue weighted by atomic mass is 10.2. The molecular formula is C18H16BrN3O2. The second kappa shape index (κ2) is 7.31. The molecular weight excluding hydrogens is 370 g/mol. The Labute approximate surface area is 147 Å². The molecule has 1 aromatic heterocycles. The molecule has 0 saturated heterocycles. The molecule has 0 atom stereocenters. The second-order valence-electron chi connectivity index (χ2n) is 5.28. The number of ether oxygens (including phenoxy) is 1. The summed E-state index contributed by atoms with van der Waals surface area (Å²) in [6, 6.07) is 13.5. The van der Waals surface area contributed by atoms with Crippen LogP contribution in [0.4, 0.5) is 0 Å². The number of fused-ring (bicyclic) bond motifs is 1. The Morgan fingerprint density at radius 3 is 3.00 bits per heavy atom. The number of hydrazone groups is 1. The van der Waals surface area contributed by atoms with Gasteiger partial charge in [-0.3, -0.25) is 4.79 Å². The maximum atomic E-state index is 11.8. The average Bonchev–Trinajstić information content (AvgIpc) is 2.97. The molecule has 2 N–H and O–H groups in total. The predicted molar refractivity (Wildman–Crippen MR) is 98.4 cm³/mol. The summed E-state index contributed by atoms with van der Waals surface area (Å²) in [5.41, 5.74) is 5.37. The van der Waals surface area contributed by atoms with Gasteiger partial charge in [0.25, 0.3) is 5.91 Å². The van der Waals surface area contributed by atoms with Crippen molar-refractivity contribution in [2.45, 2.75) is 6.92 Å². The first kappa shape index (κ1) is 16.3. The second-order valence-corrected chi connectivity index (χ2v) is 6.20. The van der Waals surface area contributed by atoms with Crippen LogP contribution in [0.3, 0.4) is 0 Å². The summed E-state index contributed by atoms with van der Waals surface area (Å²) in [5.74, 6) is 0.363. The minimum Gasteiger partial charge on any atom is -0.483 e. The number of benzene rings is 2. The highest BCUT2D eigenvalue weighted by Gasteiger charge is 2.05. The van der Waals surface area contributed by atoms with E-state index in [4.69, 9.17) is 4.74 Å². The van der Waals surface area contributed by atoms with Gasteiger partial charge in [-0.2, -0.15) is 5.10 Å². The van der Waals surface area contributed by atoms with Crippen LogP contribution >= 0.6 is 15.9 Å². The van der Waals surface area contributed by atoms with E-state index in [1.54, 1.807) is 6.21 Å². The van der Waals surface area contributed by atoms with E-state index in [2.05, 4.69) is 31.4 Å². The first-order chi connectivity index (χ1) is 11.6. The molecule has 5 nitrogen and oxygen atoms in total. The highest BCUT2D eigenvalue weighted by molar-refractivity contribution is 9.10. The highest BCUT2D eigenvalue weighted by atomic mass is 79.9. The lowest BCUT2D eigenvalue weighted by molar-refractivity contribution is -0.123. The number of nitrogens with zero attached hydrogens (tertiary/aromatic N) is 1. The molecule has 0 aliphatic rings. The van der Waals surface area contributed by atoms with Crippen LogP contribution < -0.4 is 10.2 Å². The number of nitrogens with one attached hydrogen (secondary N) is 2. The minimum absolute atomic E-state index is 0.0896. The third-order valence-corrected chi connectivity index (χ3v) is 4.00. The van der Waals surface area contributed by atoms with Crippen LogP contribution in [0.2, 0.25) is 0 Å². The summed E-state index contributed by atoms with van der Waals surface area (Å²) in [6.45, 7) is 1.83. The normalized spacial score (nSPS) is 11.1. The third kappa shape index (κ3) is 3.83. The van der Waals surface area contributed by atoms with Crippen molar-refractivity contribution < 1.29 is 9.53 Å². The smallest absolute Gasteiger partial charge is 0.277 e. The summed E-state index contributed by atoms with van der Waals surface area (Å²) in [6.07, 6.45) is 3.46.